The third-order valence-corrected chi connectivity index (χ3v) is 7.75. The van der Waals surface area contributed by atoms with Gasteiger partial charge in [0.15, 0.2) is 5.16 Å². The molecule has 0 aliphatic heterocycles. The van der Waals surface area contributed by atoms with Crippen LogP contribution in [0.5, 0.6) is 0 Å². The van der Waals surface area contributed by atoms with Crippen LogP contribution < -0.4 is 0 Å². The van der Waals surface area contributed by atoms with Gasteiger partial charge in [-0.25, -0.2) is 4.98 Å². The molecule has 5 heteroatoms. The minimum absolute atomic E-state index is 0.493. The highest BCUT2D eigenvalue weighted by Crippen LogP contribution is 2.32. The summed E-state index contributed by atoms with van der Waals surface area (Å²) in [4.78, 5) is 4.69. The molecule has 0 aromatic carbocycles. The third kappa shape index (κ3) is 8.53. The number of rotatable bonds is 10. The summed E-state index contributed by atoms with van der Waals surface area (Å²) < 4.78 is 2.28. The Morgan fingerprint density at radius 1 is 0.812 bits per heavy atom. The van der Waals surface area contributed by atoms with Crippen LogP contribution in [0.4, 0.5) is 0 Å². The standard InChI is InChI=1S/C27H44N4S/c1-2-3-4-5-13-18-23-32-27-30-29-26(31(27)25-21-16-17-22-28-25)24-19-14-11-9-7-6-8-10-12-15-20-24/h16-17,21-22,24H,2-15,18-20,23H2,1H3. The largest absolute Gasteiger partial charge is 0.257 e. The highest BCUT2D eigenvalue weighted by molar-refractivity contribution is 7.99. The van der Waals surface area contributed by atoms with E-state index in [1.165, 1.54) is 109 Å². The Bertz CT molecular complexity index is 719. The summed E-state index contributed by atoms with van der Waals surface area (Å²) in [7, 11) is 0. The van der Waals surface area contributed by atoms with Gasteiger partial charge in [0.1, 0.15) is 11.6 Å². The maximum Gasteiger partial charge on any atom is 0.197 e. The number of unbranched alkanes of at least 4 members (excludes halogenated alkanes) is 5. The molecule has 2 aromatic rings. The molecule has 3 rings (SSSR count). The van der Waals surface area contributed by atoms with Crippen molar-refractivity contribution in [3.8, 4) is 5.82 Å². The predicted octanol–water partition coefficient (Wildman–Crippen LogP) is 8.50. The van der Waals surface area contributed by atoms with Gasteiger partial charge in [-0.05, 0) is 31.4 Å². The van der Waals surface area contributed by atoms with E-state index in [0.717, 1.165) is 22.6 Å². The van der Waals surface area contributed by atoms with Crippen molar-refractivity contribution in [1.82, 2.24) is 19.7 Å². The lowest BCUT2D eigenvalue weighted by Gasteiger charge is -2.19. The minimum atomic E-state index is 0.493. The molecule has 0 amide bonds. The van der Waals surface area contributed by atoms with Gasteiger partial charge in [-0.1, -0.05) is 115 Å². The highest BCUT2D eigenvalue weighted by atomic mass is 32.2. The van der Waals surface area contributed by atoms with E-state index in [2.05, 4.69) is 33.7 Å². The third-order valence-electron chi connectivity index (χ3n) is 6.74. The molecule has 4 nitrogen and oxygen atoms in total. The van der Waals surface area contributed by atoms with E-state index in [1.807, 2.05) is 24.0 Å². The summed E-state index contributed by atoms with van der Waals surface area (Å²) in [6, 6.07) is 6.18. The Hall–Kier alpha value is -1.36. The maximum atomic E-state index is 4.78. The van der Waals surface area contributed by atoms with E-state index in [9.17, 15) is 0 Å². The molecule has 0 atom stereocenters. The minimum Gasteiger partial charge on any atom is -0.257 e. The lowest BCUT2D eigenvalue weighted by Crippen LogP contribution is -2.11. The van der Waals surface area contributed by atoms with Gasteiger partial charge in [-0.3, -0.25) is 4.57 Å². The molecule has 1 saturated carbocycles. The summed E-state index contributed by atoms with van der Waals surface area (Å²) >= 11 is 1.86. The summed E-state index contributed by atoms with van der Waals surface area (Å²) in [6.07, 6.45) is 24.7. The van der Waals surface area contributed by atoms with Gasteiger partial charge in [0.2, 0.25) is 0 Å². The first-order chi connectivity index (χ1) is 15.9. The molecule has 0 spiro atoms. The zero-order chi connectivity index (χ0) is 22.3. The van der Waals surface area contributed by atoms with Crippen LogP contribution in [0.2, 0.25) is 0 Å². The number of hydrogen-bond donors (Lipinski definition) is 0. The van der Waals surface area contributed by atoms with E-state index < -0.39 is 0 Å². The normalized spacial score (nSPS) is 17.0. The molecule has 0 bridgehead atoms. The predicted molar refractivity (Wildman–Crippen MR) is 137 cm³/mol. The maximum absolute atomic E-state index is 4.78. The molecular weight excluding hydrogens is 412 g/mol. The Morgan fingerprint density at radius 3 is 2.12 bits per heavy atom. The van der Waals surface area contributed by atoms with E-state index in [-0.39, 0.29) is 0 Å². The second-order valence-corrected chi connectivity index (χ2v) is 10.5. The molecule has 2 aromatic heterocycles. The molecule has 1 aliphatic rings. The van der Waals surface area contributed by atoms with Crippen molar-refractivity contribution in [2.75, 3.05) is 5.75 Å². The van der Waals surface area contributed by atoms with Crippen molar-refractivity contribution in [3.63, 3.8) is 0 Å². The zero-order valence-corrected chi connectivity index (χ0v) is 21.1. The van der Waals surface area contributed by atoms with Gasteiger partial charge in [-0.15, -0.1) is 10.2 Å². The first-order valence-electron chi connectivity index (χ1n) is 13.4. The summed E-state index contributed by atoms with van der Waals surface area (Å²) in [5, 5.41) is 10.5. The van der Waals surface area contributed by atoms with Crippen LogP contribution in [-0.2, 0) is 0 Å². The molecule has 1 fully saturated rings. The fraction of sp³-hybridized carbons (Fsp3) is 0.741. The number of hydrogen-bond acceptors (Lipinski definition) is 4. The van der Waals surface area contributed by atoms with Crippen LogP contribution in [-0.4, -0.2) is 25.5 Å². The van der Waals surface area contributed by atoms with Crippen LogP contribution in [0, 0.1) is 0 Å². The van der Waals surface area contributed by atoms with Gasteiger partial charge >= 0.3 is 0 Å². The molecule has 2 heterocycles. The van der Waals surface area contributed by atoms with E-state index in [4.69, 9.17) is 5.10 Å². The van der Waals surface area contributed by atoms with E-state index in [0.29, 0.717) is 5.92 Å². The lowest BCUT2D eigenvalue weighted by atomic mass is 9.92. The lowest BCUT2D eigenvalue weighted by molar-refractivity contribution is 0.450. The Labute approximate surface area is 200 Å². The number of thioether (sulfide) groups is 1. The molecule has 178 valence electrons. The number of pyridine rings is 1. The molecule has 0 radical (unpaired) electrons. The SMILES string of the molecule is CCCCCCCCSc1nnc(C2CCCCCCCCCCC2)n1-c1ccccn1. The second-order valence-electron chi connectivity index (χ2n) is 9.44. The van der Waals surface area contributed by atoms with Gasteiger partial charge in [0.25, 0.3) is 0 Å². The molecular formula is C27H44N4S. The smallest absolute Gasteiger partial charge is 0.197 e. The molecule has 32 heavy (non-hydrogen) atoms. The first kappa shape index (κ1) is 25.3. The van der Waals surface area contributed by atoms with Gasteiger partial charge in [-0.2, -0.15) is 0 Å². The van der Waals surface area contributed by atoms with Crippen LogP contribution in [0.15, 0.2) is 29.6 Å². The molecule has 0 unspecified atom stereocenters. The monoisotopic (exact) mass is 456 g/mol. The van der Waals surface area contributed by atoms with Crippen molar-refractivity contribution in [2.45, 2.75) is 127 Å². The topological polar surface area (TPSA) is 43.6 Å². The quantitative estimate of drug-likeness (QED) is 0.265. The van der Waals surface area contributed by atoms with Crippen molar-refractivity contribution in [2.24, 2.45) is 0 Å². The van der Waals surface area contributed by atoms with Crippen LogP contribution >= 0.6 is 11.8 Å². The highest BCUT2D eigenvalue weighted by Gasteiger charge is 2.23. The fourth-order valence-corrected chi connectivity index (χ4v) is 5.75. The molecule has 0 N–H and O–H groups in total. The van der Waals surface area contributed by atoms with Crippen molar-refractivity contribution < 1.29 is 0 Å². The average Bonchev–Trinajstić information content (AvgIpc) is 3.23. The molecule has 1 aliphatic carbocycles. The Balaban J connectivity index is 1.69. The summed E-state index contributed by atoms with van der Waals surface area (Å²) in [6.45, 7) is 2.28. The van der Waals surface area contributed by atoms with E-state index in [1.54, 1.807) is 0 Å². The first-order valence-corrected chi connectivity index (χ1v) is 14.4. The van der Waals surface area contributed by atoms with Crippen LogP contribution in [0.25, 0.3) is 5.82 Å². The second kappa shape index (κ2) is 15.5. The van der Waals surface area contributed by atoms with Crippen LogP contribution in [0.1, 0.15) is 128 Å². The van der Waals surface area contributed by atoms with Crippen molar-refractivity contribution in [3.05, 3.63) is 30.2 Å². The summed E-state index contributed by atoms with van der Waals surface area (Å²) in [5.74, 6) is 3.73. The van der Waals surface area contributed by atoms with Gasteiger partial charge < -0.3 is 0 Å². The zero-order valence-electron chi connectivity index (χ0n) is 20.3. The van der Waals surface area contributed by atoms with Crippen molar-refractivity contribution in [1.29, 1.82) is 0 Å². The molecule has 0 saturated heterocycles. The number of aromatic nitrogens is 4. The number of nitrogens with zero attached hydrogens (tertiary/aromatic N) is 4. The van der Waals surface area contributed by atoms with Crippen LogP contribution in [0.3, 0.4) is 0 Å². The average molecular weight is 457 g/mol. The fourth-order valence-electron chi connectivity index (χ4n) is 4.81. The van der Waals surface area contributed by atoms with Gasteiger partial charge in [0, 0.05) is 17.9 Å². The Morgan fingerprint density at radius 2 is 1.47 bits per heavy atom. The van der Waals surface area contributed by atoms with Gasteiger partial charge in [0.05, 0.1) is 0 Å². The summed E-state index contributed by atoms with van der Waals surface area (Å²) in [5.41, 5.74) is 0. The van der Waals surface area contributed by atoms with E-state index >= 15 is 0 Å². The Kier molecular flexibility index (Phi) is 12.2. The van der Waals surface area contributed by atoms with Crippen molar-refractivity contribution >= 4 is 11.8 Å².